The summed E-state index contributed by atoms with van der Waals surface area (Å²) in [7, 11) is 0. The SMILES string of the molecule is CCCCCCCCC1(CCCCCCCC)c2cc(Br)ccc2-c2ccc(Br)cc21.ClC(Cl)Cl. The molecule has 0 nitrogen and oxygen atoms in total. The number of halogens is 5. The standard InChI is InChI=1S/C29H40Br2.CHCl3/c1-3-5-7-9-11-13-19-29(20-14-12-10-8-6-4-2)27-21-23(30)15-17-25(27)26-18-16-24(31)22-28(26)29;2-1(3)4/h15-18,21-22H,3-14,19-20H2,1-2H3;1H. The Morgan fingerprint density at radius 3 is 1.31 bits per heavy atom. The van der Waals surface area contributed by atoms with Crippen LogP contribution in [-0.2, 0) is 5.41 Å². The van der Waals surface area contributed by atoms with E-state index in [0.29, 0.717) is 0 Å². The Morgan fingerprint density at radius 1 is 0.600 bits per heavy atom. The van der Waals surface area contributed by atoms with Crippen molar-refractivity contribution in [3.8, 4) is 11.1 Å². The predicted molar refractivity (Wildman–Crippen MR) is 165 cm³/mol. The lowest BCUT2D eigenvalue weighted by Gasteiger charge is -2.33. The molecule has 0 amide bonds. The fraction of sp³-hybridized carbons (Fsp3) is 0.600. The Bertz CT molecular complexity index is 810. The van der Waals surface area contributed by atoms with E-state index in [1.165, 1.54) is 110 Å². The van der Waals surface area contributed by atoms with Gasteiger partial charge in [-0.2, -0.15) is 0 Å². The number of unbranched alkanes of at least 4 members (excludes halogenated alkanes) is 10. The molecule has 0 atom stereocenters. The summed E-state index contributed by atoms with van der Waals surface area (Å²) in [6, 6.07) is 14.0. The summed E-state index contributed by atoms with van der Waals surface area (Å²) in [6.07, 6.45) is 18.9. The van der Waals surface area contributed by atoms with Gasteiger partial charge in [0.1, 0.15) is 0 Å². The van der Waals surface area contributed by atoms with Gasteiger partial charge in [0, 0.05) is 14.4 Å². The number of hydrogen-bond donors (Lipinski definition) is 0. The normalized spacial score (nSPS) is 13.4. The third kappa shape index (κ3) is 9.82. The second-order valence-electron chi connectivity index (χ2n) is 9.74. The van der Waals surface area contributed by atoms with Gasteiger partial charge in [-0.3, -0.25) is 0 Å². The molecular formula is C30H41Br2Cl3. The van der Waals surface area contributed by atoms with Crippen molar-refractivity contribution >= 4 is 66.7 Å². The minimum atomic E-state index is -0.750. The van der Waals surface area contributed by atoms with Crippen LogP contribution in [0.2, 0.25) is 0 Å². The molecular weight excluding hydrogens is 626 g/mol. The van der Waals surface area contributed by atoms with Gasteiger partial charge in [0.15, 0.2) is 4.30 Å². The highest BCUT2D eigenvalue weighted by atomic mass is 79.9. The number of benzene rings is 2. The van der Waals surface area contributed by atoms with Gasteiger partial charge in [0.25, 0.3) is 0 Å². The van der Waals surface area contributed by atoms with Crippen molar-refractivity contribution in [2.75, 3.05) is 0 Å². The molecule has 1 aliphatic carbocycles. The van der Waals surface area contributed by atoms with E-state index >= 15 is 0 Å². The monoisotopic (exact) mass is 664 g/mol. The number of alkyl halides is 3. The number of rotatable bonds is 14. The fourth-order valence-electron chi connectivity index (χ4n) is 5.52. The molecule has 0 aromatic heterocycles. The summed E-state index contributed by atoms with van der Waals surface area (Å²) in [5.74, 6) is 0. The Morgan fingerprint density at radius 2 is 0.943 bits per heavy atom. The fourth-order valence-corrected chi connectivity index (χ4v) is 6.24. The summed E-state index contributed by atoms with van der Waals surface area (Å²) in [5.41, 5.74) is 6.23. The smallest absolute Gasteiger partial charge is 0.0874 e. The topological polar surface area (TPSA) is 0 Å². The van der Waals surface area contributed by atoms with Crippen LogP contribution in [0.15, 0.2) is 45.3 Å². The molecule has 0 saturated heterocycles. The van der Waals surface area contributed by atoms with Gasteiger partial charge < -0.3 is 0 Å². The summed E-state index contributed by atoms with van der Waals surface area (Å²) in [4.78, 5) is 0. The molecule has 0 N–H and O–H groups in total. The van der Waals surface area contributed by atoms with Crippen LogP contribution < -0.4 is 0 Å². The van der Waals surface area contributed by atoms with E-state index in [2.05, 4.69) is 82.1 Å². The zero-order valence-electron chi connectivity index (χ0n) is 21.3. The Kier molecular flexibility index (Phi) is 15.3. The molecule has 0 radical (unpaired) electrons. The van der Waals surface area contributed by atoms with Gasteiger partial charge in [0.2, 0.25) is 0 Å². The van der Waals surface area contributed by atoms with Gasteiger partial charge in [-0.15, -0.1) is 0 Å². The van der Waals surface area contributed by atoms with Crippen LogP contribution in [0.25, 0.3) is 11.1 Å². The lowest BCUT2D eigenvalue weighted by molar-refractivity contribution is 0.397. The first-order valence-corrected chi connectivity index (χ1v) is 16.3. The first-order valence-electron chi connectivity index (χ1n) is 13.4. The van der Waals surface area contributed by atoms with E-state index in [0.717, 1.165) is 0 Å². The first-order chi connectivity index (χ1) is 16.9. The quantitative estimate of drug-likeness (QED) is 0.139. The highest BCUT2D eigenvalue weighted by Gasteiger charge is 2.42. The van der Waals surface area contributed by atoms with Gasteiger partial charge in [-0.05, 0) is 59.4 Å². The summed E-state index contributed by atoms with van der Waals surface area (Å²) in [6.45, 7) is 4.61. The van der Waals surface area contributed by atoms with Crippen molar-refractivity contribution in [3.63, 3.8) is 0 Å². The second kappa shape index (κ2) is 17.0. The Labute approximate surface area is 246 Å². The Hall–Kier alpha value is 0.270. The van der Waals surface area contributed by atoms with Crippen LogP contribution in [-0.4, -0.2) is 4.30 Å². The van der Waals surface area contributed by atoms with Crippen molar-refractivity contribution in [2.24, 2.45) is 0 Å². The summed E-state index contributed by atoms with van der Waals surface area (Å²) in [5, 5.41) is 0. The molecule has 35 heavy (non-hydrogen) atoms. The van der Waals surface area contributed by atoms with Crippen LogP contribution in [0, 0.1) is 0 Å². The molecule has 0 unspecified atom stereocenters. The largest absolute Gasteiger partial charge is 0.180 e. The van der Waals surface area contributed by atoms with Crippen LogP contribution in [0.4, 0.5) is 0 Å². The summed E-state index contributed by atoms with van der Waals surface area (Å²) >= 11 is 22.0. The molecule has 3 rings (SSSR count). The minimum absolute atomic E-state index is 0.174. The third-order valence-corrected chi connectivity index (χ3v) is 8.19. The van der Waals surface area contributed by atoms with Crippen molar-refractivity contribution in [1.29, 1.82) is 0 Å². The molecule has 0 bridgehead atoms. The predicted octanol–water partition coefficient (Wildman–Crippen LogP) is 13.0. The van der Waals surface area contributed by atoms with E-state index in [1.54, 1.807) is 11.1 Å². The van der Waals surface area contributed by atoms with Crippen molar-refractivity contribution in [1.82, 2.24) is 0 Å². The van der Waals surface area contributed by atoms with Crippen LogP contribution in [0.3, 0.4) is 0 Å². The lowest BCUT2D eigenvalue weighted by atomic mass is 9.70. The molecule has 196 valence electrons. The molecule has 2 aromatic rings. The van der Waals surface area contributed by atoms with E-state index in [9.17, 15) is 0 Å². The zero-order valence-corrected chi connectivity index (χ0v) is 26.8. The molecule has 2 aromatic carbocycles. The minimum Gasteiger partial charge on any atom is -0.0874 e. The molecule has 0 fully saturated rings. The van der Waals surface area contributed by atoms with E-state index in [4.69, 9.17) is 34.8 Å². The molecule has 0 spiro atoms. The maximum Gasteiger partial charge on any atom is 0.180 e. The first kappa shape index (κ1) is 31.5. The molecule has 0 aliphatic heterocycles. The van der Waals surface area contributed by atoms with Crippen LogP contribution >= 0.6 is 66.7 Å². The average Bonchev–Trinajstić information content (AvgIpc) is 3.06. The molecule has 1 aliphatic rings. The van der Waals surface area contributed by atoms with Gasteiger partial charge in [-0.25, -0.2) is 0 Å². The van der Waals surface area contributed by atoms with Gasteiger partial charge >= 0.3 is 0 Å². The molecule has 5 heteroatoms. The molecule has 0 heterocycles. The summed E-state index contributed by atoms with van der Waals surface area (Å²) < 4.78 is 1.68. The number of fused-ring (bicyclic) bond motifs is 3. The van der Waals surface area contributed by atoms with Gasteiger partial charge in [-0.1, -0.05) is 170 Å². The lowest BCUT2D eigenvalue weighted by Crippen LogP contribution is -2.25. The average molecular weight is 668 g/mol. The Balaban J connectivity index is 0.00000100. The van der Waals surface area contributed by atoms with E-state index < -0.39 is 4.30 Å². The van der Waals surface area contributed by atoms with Crippen molar-refractivity contribution in [2.45, 2.75) is 113 Å². The van der Waals surface area contributed by atoms with Crippen LogP contribution in [0.1, 0.15) is 115 Å². The highest BCUT2D eigenvalue weighted by molar-refractivity contribution is 9.10. The van der Waals surface area contributed by atoms with Crippen molar-refractivity contribution < 1.29 is 0 Å². The van der Waals surface area contributed by atoms with Gasteiger partial charge in [0.05, 0.1) is 0 Å². The maximum atomic E-state index is 4.81. The number of hydrogen-bond acceptors (Lipinski definition) is 0. The second-order valence-corrected chi connectivity index (χ2v) is 13.6. The molecule has 0 saturated carbocycles. The van der Waals surface area contributed by atoms with E-state index in [-0.39, 0.29) is 5.41 Å². The van der Waals surface area contributed by atoms with Crippen molar-refractivity contribution in [3.05, 3.63) is 56.5 Å². The maximum absolute atomic E-state index is 4.81. The highest BCUT2D eigenvalue weighted by Crippen LogP contribution is 2.55. The third-order valence-electron chi connectivity index (χ3n) is 7.20. The zero-order chi connectivity index (χ0) is 25.7. The van der Waals surface area contributed by atoms with Crippen LogP contribution in [0.5, 0.6) is 0 Å². The van der Waals surface area contributed by atoms with E-state index in [1.807, 2.05) is 0 Å².